The minimum atomic E-state index is -0.365. The average Bonchev–Trinajstić information content (AvgIpc) is 2.02. The molecule has 0 heterocycles. The lowest BCUT2D eigenvalue weighted by Gasteiger charge is -2.21. The first-order valence-electron chi connectivity index (χ1n) is 5.40. The van der Waals surface area contributed by atoms with Crippen LogP contribution in [0.15, 0.2) is 0 Å². The molecule has 0 saturated carbocycles. The van der Waals surface area contributed by atoms with Crippen LogP contribution in [0.25, 0.3) is 0 Å². The van der Waals surface area contributed by atoms with E-state index < -0.39 is 0 Å². The number of carbonyl (C=O) groups excluding carboxylic acids is 1. The predicted molar refractivity (Wildman–Crippen MR) is 59.9 cm³/mol. The van der Waals surface area contributed by atoms with Gasteiger partial charge in [0.2, 0.25) is 5.91 Å². The molecule has 0 aromatic carbocycles. The van der Waals surface area contributed by atoms with Crippen molar-refractivity contribution in [2.75, 3.05) is 0 Å². The van der Waals surface area contributed by atoms with Crippen molar-refractivity contribution in [2.45, 2.75) is 53.1 Å². The van der Waals surface area contributed by atoms with Gasteiger partial charge in [-0.1, -0.05) is 27.7 Å². The summed E-state index contributed by atoms with van der Waals surface area (Å²) in [4.78, 5) is 11.6. The van der Waals surface area contributed by atoms with Crippen molar-refractivity contribution in [1.82, 2.24) is 5.32 Å². The van der Waals surface area contributed by atoms with Crippen molar-refractivity contribution < 1.29 is 4.79 Å². The third kappa shape index (κ3) is 5.22. The topological polar surface area (TPSA) is 55.1 Å². The molecule has 0 aromatic rings. The zero-order chi connectivity index (χ0) is 11.3. The zero-order valence-corrected chi connectivity index (χ0v) is 10.0. The first-order chi connectivity index (χ1) is 6.34. The molecule has 3 nitrogen and oxygen atoms in total. The highest BCUT2D eigenvalue weighted by atomic mass is 16.2. The molecule has 0 aliphatic carbocycles. The second-order valence-corrected chi connectivity index (χ2v) is 4.78. The molecule has 0 bridgehead atoms. The van der Waals surface area contributed by atoms with Crippen molar-refractivity contribution in [3.8, 4) is 0 Å². The lowest BCUT2D eigenvalue weighted by Crippen LogP contribution is -2.46. The van der Waals surface area contributed by atoms with Gasteiger partial charge in [0.1, 0.15) is 0 Å². The number of nitrogens with two attached hydrogens (primary N) is 1. The smallest absolute Gasteiger partial charge is 0.237 e. The van der Waals surface area contributed by atoms with Crippen LogP contribution in [-0.4, -0.2) is 18.0 Å². The van der Waals surface area contributed by atoms with E-state index in [0.717, 1.165) is 6.42 Å². The van der Waals surface area contributed by atoms with Crippen LogP contribution in [0, 0.1) is 11.8 Å². The van der Waals surface area contributed by atoms with Gasteiger partial charge < -0.3 is 11.1 Å². The maximum absolute atomic E-state index is 11.6. The minimum Gasteiger partial charge on any atom is -0.352 e. The zero-order valence-electron chi connectivity index (χ0n) is 10.0. The molecule has 14 heavy (non-hydrogen) atoms. The maximum Gasteiger partial charge on any atom is 0.237 e. The van der Waals surface area contributed by atoms with E-state index in [1.54, 1.807) is 0 Å². The van der Waals surface area contributed by atoms with Crippen LogP contribution in [0.4, 0.5) is 0 Å². The lowest BCUT2D eigenvalue weighted by atomic mass is 10.0. The fraction of sp³-hybridized carbons (Fsp3) is 0.909. The van der Waals surface area contributed by atoms with Crippen LogP contribution in [0.1, 0.15) is 41.0 Å². The fourth-order valence-corrected chi connectivity index (χ4v) is 1.11. The SMILES string of the molecule is CC(C)CC(N)C(=O)NC(C)C(C)C. The van der Waals surface area contributed by atoms with Gasteiger partial charge in [0.05, 0.1) is 6.04 Å². The number of amides is 1. The molecule has 3 N–H and O–H groups in total. The van der Waals surface area contributed by atoms with Gasteiger partial charge in [0.25, 0.3) is 0 Å². The van der Waals surface area contributed by atoms with Crippen LogP contribution in [0.2, 0.25) is 0 Å². The normalized spacial score (nSPS) is 15.7. The highest BCUT2D eigenvalue weighted by molar-refractivity contribution is 5.81. The van der Waals surface area contributed by atoms with E-state index in [-0.39, 0.29) is 18.0 Å². The average molecular weight is 200 g/mol. The summed E-state index contributed by atoms with van der Waals surface area (Å²) >= 11 is 0. The number of rotatable bonds is 5. The summed E-state index contributed by atoms with van der Waals surface area (Å²) < 4.78 is 0. The number of hydrogen-bond acceptors (Lipinski definition) is 2. The third-order valence-electron chi connectivity index (χ3n) is 2.43. The monoisotopic (exact) mass is 200 g/mol. The standard InChI is InChI=1S/C11H24N2O/c1-7(2)6-10(12)11(14)13-9(5)8(3)4/h7-10H,6,12H2,1-5H3,(H,13,14). The summed E-state index contributed by atoms with van der Waals surface area (Å²) in [5.41, 5.74) is 5.75. The van der Waals surface area contributed by atoms with Crippen molar-refractivity contribution in [3.05, 3.63) is 0 Å². The van der Waals surface area contributed by atoms with E-state index in [4.69, 9.17) is 5.73 Å². The van der Waals surface area contributed by atoms with E-state index in [1.165, 1.54) is 0 Å². The van der Waals surface area contributed by atoms with Crippen LogP contribution in [0.5, 0.6) is 0 Å². The van der Waals surface area contributed by atoms with Crippen LogP contribution in [0.3, 0.4) is 0 Å². The van der Waals surface area contributed by atoms with E-state index >= 15 is 0 Å². The second kappa shape index (κ2) is 6.02. The Hall–Kier alpha value is -0.570. The third-order valence-corrected chi connectivity index (χ3v) is 2.43. The number of carbonyl (C=O) groups is 1. The van der Waals surface area contributed by atoms with Crippen molar-refractivity contribution >= 4 is 5.91 Å². The quantitative estimate of drug-likeness (QED) is 0.707. The summed E-state index contributed by atoms with van der Waals surface area (Å²) in [7, 11) is 0. The Balaban J connectivity index is 3.95. The molecule has 0 fully saturated rings. The Bertz CT molecular complexity index is 178. The van der Waals surface area contributed by atoms with E-state index in [9.17, 15) is 4.79 Å². The van der Waals surface area contributed by atoms with Crippen molar-refractivity contribution in [1.29, 1.82) is 0 Å². The molecule has 0 radical (unpaired) electrons. The van der Waals surface area contributed by atoms with Gasteiger partial charge in [-0.15, -0.1) is 0 Å². The molecule has 0 aromatic heterocycles. The highest BCUT2D eigenvalue weighted by Crippen LogP contribution is 2.04. The molecule has 3 heteroatoms. The van der Waals surface area contributed by atoms with E-state index in [0.29, 0.717) is 11.8 Å². The number of hydrogen-bond donors (Lipinski definition) is 2. The Morgan fingerprint density at radius 1 is 1.21 bits per heavy atom. The first-order valence-corrected chi connectivity index (χ1v) is 5.40. The van der Waals surface area contributed by atoms with Crippen molar-refractivity contribution in [2.24, 2.45) is 17.6 Å². The summed E-state index contributed by atoms with van der Waals surface area (Å²) in [5.74, 6) is 0.884. The van der Waals surface area contributed by atoms with E-state index in [1.807, 2.05) is 6.92 Å². The number of nitrogens with one attached hydrogen (secondary N) is 1. The summed E-state index contributed by atoms with van der Waals surface area (Å²) in [5, 5.41) is 2.92. The molecule has 0 spiro atoms. The largest absolute Gasteiger partial charge is 0.352 e. The van der Waals surface area contributed by atoms with Gasteiger partial charge in [0.15, 0.2) is 0 Å². The molecule has 1 amide bonds. The minimum absolute atomic E-state index is 0.0279. The van der Waals surface area contributed by atoms with Crippen molar-refractivity contribution in [3.63, 3.8) is 0 Å². The Labute approximate surface area is 87.4 Å². The molecule has 0 saturated heterocycles. The lowest BCUT2D eigenvalue weighted by molar-refractivity contribution is -0.123. The van der Waals surface area contributed by atoms with Gasteiger partial charge >= 0.3 is 0 Å². The Morgan fingerprint density at radius 3 is 2.07 bits per heavy atom. The molecular weight excluding hydrogens is 176 g/mol. The van der Waals surface area contributed by atoms with Crippen LogP contribution >= 0.6 is 0 Å². The highest BCUT2D eigenvalue weighted by Gasteiger charge is 2.17. The Kier molecular flexibility index (Phi) is 5.77. The van der Waals surface area contributed by atoms with Crippen LogP contribution < -0.4 is 11.1 Å². The summed E-state index contributed by atoms with van der Waals surface area (Å²) in [6.45, 7) is 10.3. The Morgan fingerprint density at radius 2 is 1.71 bits per heavy atom. The van der Waals surface area contributed by atoms with Gasteiger partial charge in [0, 0.05) is 6.04 Å². The molecule has 0 aliphatic heterocycles. The molecule has 0 aliphatic rings. The van der Waals surface area contributed by atoms with Crippen LogP contribution in [-0.2, 0) is 4.79 Å². The molecular formula is C11H24N2O. The molecule has 84 valence electrons. The molecule has 2 unspecified atom stereocenters. The maximum atomic E-state index is 11.6. The van der Waals surface area contributed by atoms with Gasteiger partial charge in [-0.05, 0) is 25.2 Å². The predicted octanol–water partition coefficient (Wildman–Crippen LogP) is 1.52. The van der Waals surface area contributed by atoms with Gasteiger partial charge in [-0.25, -0.2) is 0 Å². The van der Waals surface area contributed by atoms with Gasteiger partial charge in [-0.3, -0.25) is 4.79 Å². The fourth-order valence-electron chi connectivity index (χ4n) is 1.11. The molecule has 0 rings (SSSR count). The molecule has 2 atom stereocenters. The van der Waals surface area contributed by atoms with Gasteiger partial charge in [-0.2, -0.15) is 0 Å². The first kappa shape index (κ1) is 13.4. The van der Waals surface area contributed by atoms with E-state index in [2.05, 4.69) is 33.0 Å². The summed E-state index contributed by atoms with van der Waals surface area (Å²) in [6, 6.07) is -0.170. The summed E-state index contributed by atoms with van der Waals surface area (Å²) in [6.07, 6.45) is 0.747. The second-order valence-electron chi connectivity index (χ2n) is 4.78.